The Hall–Kier alpha value is -1.55. The summed E-state index contributed by atoms with van der Waals surface area (Å²) in [7, 11) is 0. The molecule has 0 amide bonds. The summed E-state index contributed by atoms with van der Waals surface area (Å²) < 4.78 is 11.0. The molecule has 2 aromatic rings. The molecule has 2 aromatic heterocycles. The summed E-state index contributed by atoms with van der Waals surface area (Å²) in [5.41, 5.74) is 0.944. The van der Waals surface area contributed by atoms with Crippen molar-refractivity contribution in [3.8, 4) is 0 Å². The molecule has 0 radical (unpaired) electrons. The lowest BCUT2D eigenvalue weighted by atomic mass is 10.1. The van der Waals surface area contributed by atoms with Gasteiger partial charge in [-0.15, -0.1) is 0 Å². The second-order valence-electron chi connectivity index (χ2n) is 5.29. The molecule has 0 spiro atoms. The van der Waals surface area contributed by atoms with Crippen LogP contribution in [0.1, 0.15) is 48.9 Å². The predicted octanol–water partition coefficient (Wildman–Crippen LogP) is 3.69. The van der Waals surface area contributed by atoms with Gasteiger partial charge in [0, 0.05) is 6.07 Å². The van der Waals surface area contributed by atoms with Gasteiger partial charge in [0.25, 0.3) is 0 Å². The van der Waals surface area contributed by atoms with Crippen LogP contribution in [0.3, 0.4) is 0 Å². The molecule has 0 saturated carbocycles. The number of likely N-dealkylation sites (tertiary alicyclic amines) is 1. The first-order chi connectivity index (χ1) is 9.33. The number of rotatable bonds is 3. The van der Waals surface area contributed by atoms with E-state index in [1.165, 1.54) is 19.3 Å². The quantitative estimate of drug-likeness (QED) is 0.844. The van der Waals surface area contributed by atoms with Crippen molar-refractivity contribution < 1.29 is 8.94 Å². The monoisotopic (exact) mass is 260 g/mol. The van der Waals surface area contributed by atoms with E-state index in [-0.39, 0.29) is 0 Å². The van der Waals surface area contributed by atoms with Crippen LogP contribution in [-0.4, -0.2) is 16.6 Å². The molecule has 0 aliphatic carbocycles. The Balaban J connectivity index is 1.78. The van der Waals surface area contributed by atoms with Crippen molar-refractivity contribution in [1.29, 1.82) is 0 Å². The number of aryl methyl sites for hydroxylation is 1. The molecule has 3 rings (SSSR count). The molecule has 102 valence electrons. The van der Waals surface area contributed by atoms with Gasteiger partial charge >= 0.3 is 0 Å². The van der Waals surface area contributed by atoms with Gasteiger partial charge in [0.1, 0.15) is 5.76 Å². The number of furan rings is 1. The normalized spacial score (nSPS) is 21.4. The first-order valence-corrected chi connectivity index (χ1v) is 7.02. The highest BCUT2D eigenvalue weighted by atomic mass is 16.5. The van der Waals surface area contributed by atoms with Gasteiger partial charge in [-0.3, -0.25) is 4.90 Å². The Kier molecular flexibility index (Phi) is 3.69. The SMILES string of the molecule is Cc1cc(CN2CCCCCC2c2ccco2)on1. The van der Waals surface area contributed by atoms with E-state index in [2.05, 4.69) is 16.1 Å². The lowest BCUT2D eigenvalue weighted by Gasteiger charge is -2.27. The van der Waals surface area contributed by atoms with Crippen molar-refractivity contribution in [2.75, 3.05) is 6.54 Å². The summed E-state index contributed by atoms with van der Waals surface area (Å²) in [6.45, 7) is 3.86. The number of hydrogen-bond donors (Lipinski definition) is 0. The molecule has 0 aromatic carbocycles. The van der Waals surface area contributed by atoms with E-state index >= 15 is 0 Å². The van der Waals surface area contributed by atoms with Crippen LogP contribution in [0, 0.1) is 6.92 Å². The van der Waals surface area contributed by atoms with E-state index < -0.39 is 0 Å². The zero-order chi connectivity index (χ0) is 13.1. The van der Waals surface area contributed by atoms with E-state index in [1.807, 2.05) is 19.1 Å². The second-order valence-corrected chi connectivity index (χ2v) is 5.29. The molecule has 0 N–H and O–H groups in total. The Morgan fingerprint density at radius 2 is 2.32 bits per heavy atom. The molecular weight excluding hydrogens is 240 g/mol. The standard InChI is InChI=1S/C15H20N2O2/c1-12-10-13(19-16-12)11-17-8-4-2-3-6-14(17)15-7-5-9-18-15/h5,7,9-10,14H,2-4,6,8,11H2,1H3. The maximum absolute atomic E-state index is 5.61. The van der Waals surface area contributed by atoms with Crippen LogP contribution in [-0.2, 0) is 6.54 Å². The van der Waals surface area contributed by atoms with E-state index in [9.17, 15) is 0 Å². The van der Waals surface area contributed by atoms with Crippen molar-refractivity contribution in [3.63, 3.8) is 0 Å². The molecule has 3 heterocycles. The Morgan fingerprint density at radius 1 is 1.37 bits per heavy atom. The Bertz CT molecular complexity index is 504. The zero-order valence-electron chi connectivity index (χ0n) is 11.3. The zero-order valence-corrected chi connectivity index (χ0v) is 11.3. The lowest BCUT2D eigenvalue weighted by Crippen LogP contribution is -2.27. The molecule has 0 bridgehead atoms. The third kappa shape index (κ3) is 2.89. The molecule has 4 nitrogen and oxygen atoms in total. The lowest BCUT2D eigenvalue weighted by molar-refractivity contribution is 0.152. The molecule has 1 aliphatic rings. The van der Waals surface area contributed by atoms with E-state index in [4.69, 9.17) is 8.94 Å². The molecule has 4 heteroatoms. The van der Waals surface area contributed by atoms with Gasteiger partial charge in [-0.1, -0.05) is 18.0 Å². The van der Waals surface area contributed by atoms with Gasteiger partial charge < -0.3 is 8.94 Å². The van der Waals surface area contributed by atoms with Crippen molar-refractivity contribution >= 4 is 0 Å². The molecule has 19 heavy (non-hydrogen) atoms. The van der Waals surface area contributed by atoms with Gasteiger partial charge in [-0.25, -0.2) is 0 Å². The average molecular weight is 260 g/mol. The van der Waals surface area contributed by atoms with E-state index in [0.717, 1.165) is 36.7 Å². The largest absolute Gasteiger partial charge is 0.468 e. The molecule has 1 atom stereocenters. The molecule has 1 unspecified atom stereocenters. The van der Waals surface area contributed by atoms with Crippen LogP contribution in [0.5, 0.6) is 0 Å². The molecule has 1 saturated heterocycles. The summed E-state index contributed by atoms with van der Waals surface area (Å²) in [5.74, 6) is 2.01. The first-order valence-electron chi connectivity index (χ1n) is 7.02. The summed E-state index contributed by atoms with van der Waals surface area (Å²) in [4.78, 5) is 2.45. The number of nitrogens with zero attached hydrogens (tertiary/aromatic N) is 2. The number of hydrogen-bond acceptors (Lipinski definition) is 4. The fraction of sp³-hybridized carbons (Fsp3) is 0.533. The van der Waals surface area contributed by atoms with Crippen LogP contribution in [0.2, 0.25) is 0 Å². The fourth-order valence-electron chi connectivity index (χ4n) is 2.85. The summed E-state index contributed by atoms with van der Waals surface area (Å²) in [6.07, 6.45) is 6.71. The maximum Gasteiger partial charge on any atom is 0.150 e. The maximum atomic E-state index is 5.61. The second kappa shape index (κ2) is 5.61. The third-order valence-corrected chi connectivity index (χ3v) is 3.77. The molecule has 1 fully saturated rings. The molecular formula is C15H20N2O2. The summed E-state index contributed by atoms with van der Waals surface area (Å²) in [5, 5.41) is 3.97. The van der Waals surface area contributed by atoms with E-state index in [0.29, 0.717) is 6.04 Å². The third-order valence-electron chi connectivity index (χ3n) is 3.77. The predicted molar refractivity (Wildman–Crippen MR) is 71.6 cm³/mol. The minimum Gasteiger partial charge on any atom is -0.468 e. The van der Waals surface area contributed by atoms with Gasteiger partial charge in [0.2, 0.25) is 0 Å². The van der Waals surface area contributed by atoms with Crippen LogP contribution >= 0.6 is 0 Å². The highest BCUT2D eigenvalue weighted by molar-refractivity contribution is 5.08. The highest BCUT2D eigenvalue weighted by Crippen LogP contribution is 2.31. The van der Waals surface area contributed by atoms with Crippen LogP contribution in [0.15, 0.2) is 33.4 Å². The fourth-order valence-corrected chi connectivity index (χ4v) is 2.85. The highest BCUT2D eigenvalue weighted by Gasteiger charge is 2.25. The Morgan fingerprint density at radius 3 is 3.05 bits per heavy atom. The van der Waals surface area contributed by atoms with Gasteiger partial charge in [-0.2, -0.15) is 0 Å². The van der Waals surface area contributed by atoms with Crippen LogP contribution in [0.25, 0.3) is 0 Å². The van der Waals surface area contributed by atoms with Crippen LogP contribution < -0.4 is 0 Å². The smallest absolute Gasteiger partial charge is 0.150 e. The van der Waals surface area contributed by atoms with Crippen molar-refractivity contribution in [2.45, 2.75) is 45.2 Å². The van der Waals surface area contributed by atoms with Gasteiger partial charge in [-0.05, 0) is 38.4 Å². The number of aromatic nitrogens is 1. The van der Waals surface area contributed by atoms with Crippen LogP contribution in [0.4, 0.5) is 0 Å². The van der Waals surface area contributed by atoms with Gasteiger partial charge in [0.05, 0.1) is 24.5 Å². The average Bonchev–Trinajstić information content (AvgIpc) is 3.00. The van der Waals surface area contributed by atoms with Gasteiger partial charge in [0.15, 0.2) is 5.76 Å². The summed E-state index contributed by atoms with van der Waals surface area (Å²) in [6, 6.07) is 6.43. The van der Waals surface area contributed by atoms with Crippen molar-refractivity contribution in [2.24, 2.45) is 0 Å². The topological polar surface area (TPSA) is 42.4 Å². The Labute approximate surface area is 113 Å². The minimum absolute atomic E-state index is 0.364. The first kappa shape index (κ1) is 12.5. The summed E-state index contributed by atoms with van der Waals surface area (Å²) >= 11 is 0. The van der Waals surface area contributed by atoms with Crippen molar-refractivity contribution in [1.82, 2.24) is 10.1 Å². The van der Waals surface area contributed by atoms with E-state index in [1.54, 1.807) is 6.26 Å². The minimum atomic E-state index is 0.364. The van der Waals surface area contributed by atoms with Crippen molar-refractivity contribution in [3.05, 3.63) is 41.7 Å². The molecule has 1 aliphatic heterocycles.